The first-order valence-corrected chi connectivity index (χ1v) is 8.69. The van der Waals surface area contributed by atoms with Gasteiger partial charge in [-0.15, -0.1) is 0 Å². The Morgan fingerprint density at radius 3 is 1.90 bits per heavy atom. The van der Waals surface area contributed by atoms with E-state index < -0.39 is 0 Å². The minimum absolute atomic E-state index is 0.305. The van der Waals surface area contributed by atoms with Crippen LogP contribution in [0.1, 0.15) is 33.9 Å². The first-order chi connectivity index (χ1) is 9.90. The molecule has 0 aromatic heterocycles. The average Bonchev–Trinajstić information content (AvgIpc) is 2.36. The summed E-state index contributed by atoms with van der Waals surface area (Å²) >= 11 is 7.15. The van der Waals surface area contributed by atoms with E-state index in [1.54, 1.807) is 0 Å². The van der Waals surface area contributed by atoms with E-state index in [1.807, 2.05) is 7.05 Å². The standard InChI is InChI=1S/C18H21Br2N/c1-11-5-12(2)17(13(3)6-11)10-18(21-4)14-7-15(19)9-16(20)8-14/h5-9,18,21H,10H2,1-4H3. The number of hydrogen-bond acceptors (Lipinski definition) is 1. The van der Waals surface area contributed by atoms with Gasteiger partial charge in [-0.2, -0.15) is 0 Å². The highest BCUT2D eigenvalue weighted by Crippen LogP contribution is 2.28. The zero-order valence-corrected chi connectivity index (χ0v) is 16.1. The first-order valence-electron chi connectivity index (χ1n) is 7.10. The Hall–Kier alpha value is -0.640. The summed E-state index contributed by atoms with van der Waals surface area (Å²) in [5.74, 6) is 0. The summed E-state index contributed by atoms with van der Waals surface area (Å²) < 4.78 is 2.20. The number of benzene rings is 2. The van der Waals surface area contributed by atoms with Crippen molar-refractivity contribution in [3.63, 3.8) is 0 Å². The van der Waals surface area contributed by atoms with Crippen LogP contribution in [0.3, 0.4) is 0 Å². The highest BCUT2D eigenvalue weighted by molar-refractivity contribution is 9.11. The van der Waals surface area contributed by atoms with Crippen molar-refractivity contribution < 1.29 is 0 Å². The number of halogens is 2. The summed E-state index contributed by atoms with van der Waals surface area (Å²) in [6, 6.07) is 11.3. The Morgan fingerprint density at radius 2 is 1.43 bits per heavy atom. The molecule has 1 N–H and O–H groups in total. The van der Waals surface area contributed by atoms with E-state index in [4.69, 9.17) is 0 Å². The fourth-order valence-electron chi connectivity index (χ4n) is 2.90. The van der Waals surface area contributed by atoms with Crippen LogP contribution in [0, 0.1) is 20.8 Å². The van der Waals surface area contributed by atoms with Crippen LogP contribution in [-0.4, -0.2) is 7.05 Å². The van der Waals surface area contributed by atoms with Gasteiger partial charge < -0.3 is 5.32 Å². The molecule has 1 unspecified atom stereocenters. The van der Waals surface area contributed by atoms with Gasteiger partial charge in [0, 0.05) is 15.0 Å². The van der Waals surface area contributed by atoms with Crippen molar-refractivity contribution in [2.75, 3.05) is 7.05 Å². The molecule has 0 spiro atoms. The van der Waals surface area contributed by atoms with E-state index in [1.165, 1.54) is 27.8 Å². The maximum Gasteiger partial charge on any atom is 0.0359 e. The quantitative estimate of drug-likeness (QED) is 0.687. The Labute approximate surface area is 144 Å². The molecule has 0 aliphatic rings. The number of likely N-dealkylation sites (N-methyl/N-ethyl adjacent to an activating group) is 1. The van der Waals surface area contributed by atoms with Gasteiger partial charge in [0.15, 0.2) is 0 Å². The van der Waals surface area contributed by atoms with E-state index >= 15 is 0 Å². The molecule has 2 aromatic carbocycles. The van der Waals surface area contributed by atoms with Crippen LogP contribution in [0.15, 0.2) is 39.3 Å². The van der Waals surface area contributed by atoms with E-state index in [-0.39, 0.29) is 0 Å². The van der Waals surface area contributed by atoms with Gasteiger partial charge >= 0.3 is 0 Å². The molecule has 0 saturated carbocycles. The van der Waals surface area contributed by atoms with E-state index in [0.717, 1.165) is 15.4 Å². The summed E-state index contributed by atoms with van der Waals surface area (Å²) in [4.78, 5) is 0. The molecule has 0 heterocycles. The summed E-state index contributed by atoms with van der Waals surface area (Å²) in [5, 5.41) is 3.45. The minimum atomic E-state index is 0.305. The SMILES string of the molecule is CNC(Cc1c(C)cc(C)cc1C)c1cc(Br)cc(Br)c1. The summed E-state index contributed by atoms with van der Waals surface area (Å²) in [6.45, 7) is 6.57. The molecule has 0 fully saturated rings. The molecule has 0 bridgehead atoms. The second-order valence-electron chi connectivity index (χ2n) is 5.63. The molecule has 1 atom stereocenters. The van der Waals surface area contributed by atoms with Gasteiger partial charge in [-0.1, -0.05) is 49.6 Å². The van der Waals surface area contributed by atoms with E-state index in [0.29, 0.717) is 6.04 Å². The average molecular weight is 411 g/mol. The van der Waals surface area contributed by atoms with Crippen LogP contribution in [0.25, 0.3) is 0 Å². The maximum atomic E-state index is 3.58. The Kier molecular flexibility index (Phi) is 5.64. The predicted octanol–water partition coefficient (Wildman–Crippen LogP) is 5.64. The smallest absolute Gasteiger partial charge is 0.0359 e. The highest BCUT2D eigenvalue weighted by Gasteiger charge is 2.14. The second kappa shape index (κ2) is 7.08. The lowest BCUT2D eigenvalue weighted by molar-refractivity contribution is 0.588. The molecule has 0 aliphatic heterocycles. The lowest BCUT2D eigenvalue weighted by Gasteiger charge is -2.20. The van der Waals surface area contributed by atoms with Crippen molar-refractivity contribution in [1.82, 2.24) is 5.32 Å². The molecule has 0 saturated heterocycles. The van der Waals surface area contributed by atoms with Crippen molar-refractivity contribution in [3.8, 4) is 0 Å². The first kappa shape index (κ1) is 16.7. The molecule has 0 amide bonds. The van der Waals surface area contributed by atoms with Crippen molar-refractivity contribution in [3.05, 3.63) is 67.1 Å². The third-order valence-electron chi connectivity index (χ3n) is 3.88. The van der Waals surface area contributed by atoms with Crippen LogP contribution in [0.5, 0.6) is 0 Å². The maximum absolute atomic E-state index is 3.58. The fraction of sp³-hybridized carbons (Fsp3) is 0.333. The number of rotatable bonds is 4. The monoisotopic (exact) mass is 409 g/mol. The molecular formula is C18H21Br2N. The third kappa shape index (κ3) is 4.18. The van der Waals surface area contributed by atoms with Crippen LogP contribution in [-0.2, 0) is 6.42 Å². The number of hydrogen-bond donors (Lipinski definition) is 1. The van der Waals surface area contributed by atoms with Crippen molar-refractivity contribution in [1.29, 1.82) is 0 Å². The topological polar surface area (TPSA) is 12.0 Å². The van der Waals surface area contributed by atoms with Crippen molar-refractivity contribution in [2.45, 2.75) is 33.2 Å². The Balaban J connectivity index is 2.35. The normalized spacial score (nSPS) is 12.5. The van der Waals surface area contributed by atoms with E-state index in [2.05, 4.69) is 88.3 Å². The van der Waals surface area contributed by atoms with Gasteiger partial charge in [0.1, 0.15) is 0 Å². The summed E-state index contributed by atoms with van der Waals surface area (Å²) in [7, 11) is 2.03. The Bertz CT molecular complexity index is 606. The minimum Gasteiger partial charge on any atom is -0.313 e. The molecule has 112 valence electrons. The highest BCUT2D eigenvalue weighted by atomic mass is 79.9. The molecule has 1 nitrogen and oxygen atoms in total. The number of nitrogens with one attached hydrogen (secondary N) is 1. The van der Waals surface area contributed by atoms with Crippen LogP contribution in [0.2, 0.25) is 0 Å². The zero-order chi connectivity index (χ0) is 15.6. The zero-order valence-electron chi connectivity index (χ0n) is 12.9. The predicted molar refractivity (Wildman–Crippen MR) is 98.0 cm³/mol. The lowest BCUT2D eigenvalue weighted by atomic mass is 9.92. The molecule has 2 aromatic rings. The molecule has 21 heavy (non-hydrogen) atoms. The largest absolute Gasteiger partial charge is 0.313 e. The third-order valence-corrected chi connectivity index (χ3v) is 4.80. The van der Waals surface area contributed by atoms with Crippen molar-refractivity contribution >= 4 is 31.9 Å². The molecule has 0 radical (unpaired) electrons. The molecule has 3 heteroatoms. The lowest BCUT2D eigenvalue weighted by Crippen LogP contribution is -2.20. The number of aryl methyl sites for hydroxylation is 3. The molecule has 2 rings (SSSR count). The summed E-state index contributed by atoms with van der Waals surface area (Å²) in [6.07, 6.45) is 0.997. The molecule has 0 aliphatic carbocycles. The van der Waals surface area contributed by atoms with Crippen LogP contribution < -0.4 is 5.32 Å². The van der Waals surface area contributed by atoms with Gasteiger partial charge in [-0.25, -0.2) is 0 Å². The second-order valence-corrected chi connectivity index (χ2v) is 7.46. The van der Waals surface area contributed by atoms with Gasteiger partial charge in [0.25, 0.3) is 0 Å². The fourth-order valence-corrected chi connectivity index (χ4v) is 4.23. The van der Waals surface area contributed by atoms with E-state index in [9.17, 15) is 0 Å². The Morgan fingerprint density at radius 1 is 0.905 bits per heavy atom. The van der Waals surface area contributed by atoms with Crippen molar-refractivity contribution in [2.24, 2.45) is 0 Å². The van der Waals surface area contributed by atoms with Gasteiger partial charge in [-0.05, 0) is 74.7 Å². The summed E-state index contributed by atoms with van der Waals surface area (Å²) in [5.41, 5.74) is 6.82. The van der Waals surface area contributed by atoms with Gasteiger partial charge in [0.2, 0.25) is 0 Å². The van der Waals surface area contributed by atoms with Crippen LogP contribution in [0.4, 0.5) is 0 Å². The molecular weight excluding hydrogens is 390 g/mol. The van der Waals surface area contributed by atoms with Crippen LogP contribution >= 0.6 is 31.9 Å². The van der Waals surface area contributed by atoms with Gasteiger partial charge in [-0.3, -0.25) is 0 Å². The van der Waals surface area contributed by atoms with Gasteiger partial charge in [0.05, 0.1) is 0 Å².